The third-order valence-electron chi connectivity index (χ3n) is 5.25. The first-order valence-electron chi connectivity index (χ1n) is 9.65. The van der Waals surface area contributed by atoms with Gasteiger partial charge in [-0.3, -0.25) is 4.57 Å². The highest BCUT2D eigenvalue weighted by Crippen LogP contribution is 2.27. The average Bonchev–Trinajstić information content (AvgIpc) is 3.35. The summed E-state index contributed by atoms with van der Waals surface area (Å²) < 4.78 is 7.76. The molecule has 0 spiro atoms. The molecule has 2 aromatic heterocycles. The maximum absolute atomic E-state index is 5.59. The molecule has 27 heavy (non-hydrogen) atoms. The Morgan fingerprint density at radius 3 is 2.78 bits per heavy atom. The van der Waals surface area contributed by atoms with Gasteiger partial charge in [-0.2, -0.15) is 0 Å². The molecule has 3 heterocycles. The van der Waals surface area contributed by atoms with Crippen LogP contribution in [0.5, 0.6) is 0 Å². The lowest BCUT2D eigenvalue weighted by Gasteiger charge is -2.32. The molecule has 0 bridgehead atoms. The van der Waals surface area contributed by atoms with Gasteiger partial charge in [0, 0.05) is 11.8 Å². The number of aromatic nitrogens is 3. The van der Waals surface area contributed by atoms with E-state index < -0.39 is 0 Å². The Hall–Kier alpha value is -2.05. The van der Waals surface area contributed by atoms with Crippen LogP contribution in [0.4, 0.5) is 0 Å². The maximum Gasteiger partial charge on any atom is 0.200 e. The molecule has 0 N–H and O–H groups in total. The van der Waals surface area contributed by atoms with Gasteiger partial charge in [0.2, 0.25) is 5.82 Å². The van der Waals surface area contributed by atoms with Gasteiger partial charge in [-0.1, -0.05) is 48.5 Å². The number of furan rings is 1. The topological polar surface area (TPSA) is 47.1 Å². The van der Waals surface area contributed by atoms with Crippen molar-refractivity contribution in [2.24, 2.45) is 0 Å². The molecule has 1 aromatic carbocycles. The highest BCUT2D eigenvalue weighted by Gasteiger charge is 2.20. The van der Waals surface area contributed by atoms with Crippen LogP contribution >= 0.6 is 11.8 Å². The molecule has 1 saturated heterocycles. The lowest BCUT2D eigenvalue weighted by Crippen LogP contribution is -2.36. The predicted molar refractivity (Wildman–Crippen MR) is 109 cm³/mol. The fraction of sp³-hybridized carbons (Fsp3) is 0.429. The van der Waals surface area contributed by atoms with E-state index in [1.165, 1.54) is 37.8 Å². The molecule has 1 aliphatic heterocycles. The van der Waals surface area contributed by atoms with Crippen molar-refractivity contribution in [3.05, 3.63) is 54.3 Å². The Balaban J connectivity index is 1.49. The van der Waals surface area contributed by atoms with Gasteiger partial charge in [-0.05, 0) is 50.6 Å². The number of likely N-dealkylation sites (tertiary alicyclic amines) is 1. The second-order valence-corrected chi connectivity index (χ2v) is 8.18. The van der Waals surface area contributed by atoms with E-state index in [1.54, 1.807) is 18.0 Å². The van der Waals surface area contributed by atoms with Crippen LogP contribution in [0.15, 0.2) is 58.3 Å². The van der Waals surface area contributed by atoms with Crippen molar-refractivity contribution >= 4 is 11.8 Å². The van der Waals surface area contributed by atoms with Gasteiger partial charge in [0.1, 0.15) is 0 Å². The summed E-state index contributed by atoms with van der Waals surface area (Å²) in [5.41, 5.74) is 1.24. The molecule has 1 fully saturated rings. The van der Waals surface area contributed by atoms with Gasteiger partial charge in [0.05, 0.1) is 12.8 Å². The van der Waals surface area contributed by atoms with Crippen LogP contribution in [0.3, 0.4) is 0 Å². The third kappa shape index (κ3) is 4.45. The summed E-state index contributed by atoms with van der Waals surface area (Å²) in [5.74, 6) is 2.61. The molecule has 4 rings (SSSR count). The van der Waals surface area contributed by atoms with Crippen molar-refractivity contribution in [1.82, 2.24) is 19.7 Å². The number of hydrogen-bond donors (Lipinski definition) is 0. The quantitative estimate of drug-likeness (QED) is 0.561. The first-order chi connectivity index (χ1) is 13.3. The van der Waals surface area contributed by atoms with Crippen LogP contribution < -0.4 is 0 Å². The Kier molecular flexibility index (Phi) is 5.94. The van der Waals surface area contributed by atoms with Crippen LogP contribution in [0.2, 0.25) is 0 Å². The number of piperidine rings is 1. The van der Waals surface area contributed by atoms with Gasteiger partial charge in [-0.15, -0.1) is 10.2 Å². The second kappa shape index (κ2) is 8.76. The fourth-order valence-electron chi connectivity index (χ4n) is 3.69. The van der Waals surface area contributed by atoms with Crippen molar-refractivity contribution in [3.8, 4) is 11.6 Å². The molecule has 1 unspecified atom stereocenters. The molecule has 3 aromatic rings. The first-order valence-corrected chi connectivity index (χ1v) is 10.6. The van der Waals surface area contributed by atoms with E-state index in [-0.39, 0.29) is 0 Å². The largest absolute Gasteiger partial charge is 0.461 e. The van der Waals surface area contributed by atoms with Crippen LogP contribution in [0.1, 0.15) is 31.2 Å². The van der Waals surface area contributed by atoms with Crippen molar-refractivity contribution in [2.45, 2.75) is 43.4 Å². The zero-order valence-electron chi connectivity index (χ0n) is 15.8. The summed E-state index contributed by atoms with van der Waals surface area (Å²) in [6.07, 6.45) is 6.87. The van der Waals surface area contributed by atoms with Crippen molar-refractivity contribution in [1.29, 1.82) is 0 Å². The summed E-state index contributed by atoms with van der Waals surface area (Å²) in [5, 5.41) is 9.86. The van der Waals surface area contributed by atoms with Crippen molar-refractivity contribution in [2.75, 3.05) is 19.3 Å². The minimum atomic E-state index is 0.696. The highest BCUT2D eigenvalue weighted by atomic mass is 32.2. The summed E-state index contributed by atoms with van der Waals surface area (Å²) in [4.78, 5) is 2.51. The number of hydrogen-bond acceptors (Lipinski definition) is 5. The Bertz CT molecular complexity index is 831. The molecule has 0 radical (unpaired) electrons. The summed E-state index contributed by atoms with van der Waals surface area (Å²) in [6.45, 7) is 1.97. The Morgan fingerprint density at radius 2 is 2.00 bits per heavy atom. The molecule has 0 amide bonds. The van der Waals surface area contributed by atoms with Crippen LogP contribution in [0.25, 0.3) is 11.6 Å². The van der Waals surface area contributed by atoms with Crippen LogP contribution in [-0.2, 0) is 6.54 Å². The smallest absolute Gasteiger partial charge is 0.200 e. The highest BCUT2D eigenvalue weighted by molar-refractivity contribution is 7.99. The van der Waals surface area contributed by atoms with Gasteiger partial charge < -0.3 is 9.32 Å². The lowest BCUT2D eigenvalue weighted by atomic mass is 10.0. The van der Waals surface area contributed by atoms with Gasteiger partial charge in [0.15, 0.2) is 10.9 Å². The third-order valence-corrected chi connectivity index (χ3v) is 6.25. The maximum atomic E-state index is 5.59. The van der Waals surface area contributed by atoms with Gasteiger partial charge in [-0.25, -0.2) is 0 Å². The van der Waals surface area contributed by atoms with Crippen LogP contribution in [-0.4, -0.2) is 45.1 Å². The van der Waals surface area contributed by atoms with E-state index in [0.717, 1.165) is 29.0 Å². The molecular weight excluding hydrogens is 356 g/mol. The van der Waals surface area contributed by atoms with E-state index in [2.05, 4.69) is 51.0 Å². The van der Waals surface area contributed by atoms with Gasteiger partial charge >= 0.3 is 0 Å². The standard InChI is InChI=1S/C21H26N4OS/c1-24-13-6-5-10-18(24)12-15-27-21-23-22-20(19-11-7-14-26-19)25(21)16-17-8-3-2-4-9-17/h2-4,7-9,11,14,18H,5-6,10,12-13,15-16H2,1H3. The molecule has 0 aliphatic carbocycles. The normalized spacial score (nSPS) is 18.0. The van der Waals surface area contributed by atoms with Gasteiger partial charge in [0.25, 0.3) is 0 Å². The number of nitrogens with zero attached hydrogens (tertiary/aromatic N) is 4. The number of thioether (sulfide) groups is 1. The average molecular weight is 383 g/mol. The van der Waals surface area contributed by atoms with E-state index in [4.69, 9.17) is 4.42 Å². The fourth-order valence-corrected chi connectivity index (χ4v) is 4.67. The van der Waals surface area contributed by atoms with E-state index in [1.807, 2.05) is 18.2 Å². The van der Waals surface area contributed by atoms with Crippen molar-refractivity contribution in [3.63, 3.8) is 0 Å². The Labute approximate surface area is 164 Å². The van der Waals surface area contributed by atoms with Crippen molar-refractivity contribution < 1.29 is 4.42 Å². The number of rotatable bonds is 7. The Morgan fingerprint density at radius 1 is 1.11 bits per heavy atom. The zero-order valence-corrected chi connectivity index (χ0v) is 16.6. The minimum absolute atomic E-state index is 0.696. The summed E-state index contributed by atoms with van der Waals surface area (Å²) in [7, 11) is 2.25. The zero-order chi connectivity index (χ0) is 18.5. The SMILES string of the molecule is CN1CCCCC1CCSc1nnc(-c2ccco2)n1Cc1ccccc1. The molecule has 6 heteroatoms. The van der Waals surface area contributed by atoms with Crippen LogP contribution in [0, 0.1) is 0 Å². The lowest BCUT2D eigenvalue weighted by molar-refractivity contribution is 0.182. The van der Waals surface area contributed by atoms with E-state index >= 15 is 0 Å². The second-order valence-electron chi connectivity index (χ2n) is 7.12. The van der Waals surface area contributed by atoms with E-state index in [9.17, 15) is 0 Å². The molecule has 0 saturated carbocycles. The molecular formula is C21H26N4OS. The number of benzene rings is 1. The monoisotopic (exact) mass is 382 g/mol. The van der Waals surface area contributed by atoms with E-state index in [0.29, 0.717) is 6.04 Å². The first kappa shape index (κ1) is 18.3. The minimum Gasteiger partial charge on any atom is -0.461 e. The molecule has 1 aliphatic rings. The predicted octanol–water partition coefficient (Wildman–Crippen LogP) is 4.55. The molecule has 142 valence electrons. The summed E-state index contributed by atoms with van der Waals surface area (Å²) >= 11 is 1.80. The molecule has 5 nitrogen and oxygen atoms in total. The molecule has 1 atom stereocenters. The summed E-state index contributed by atoms with van der Waals surface area (Å²) in [6, 6.07) is 15.0.